The normalized spacial score (nSPS) is 27.7. The number of hydrogen-bond acceptors (Lipinski definition) is 1. The fourth-order valence-electron chi connectivity index (χ4n) is 3.40. The summed E-state index contributed by atoms with van der Waals surface area (Å²) in [5.74, 6) is 0. The molecule has 4 heteroatoms. The molecule has 0 aromatic heterocycles. The number of fused-ring (bicyclic) bond motifs is 1. The lowest BCUT2D eigenvalue weighted by atomic mass is 10.0. The first-order chi connectivity index (χ1) is 8.27. The van der Waals surface area contributed by atoms with E-state index in [2.05, 4.69) is 4.90 Å². The molecule has 2 aliphatic rings. The second kappa shape index (κ2) is 6.00. The third-order valence-corrected chi connectivity index (χ3v) is 4.84. The summed E-state index contributed by atoms with van der Waals surface area (Å²) < 4.78 is 0. The third-order valence-electron chi connectivity index (χ3n) is 4.18. The summed E-state index contributed by atoms with van der Waals surface area (Å²) in [6.45, 7) is 1.21. The molecule has 1 aromatic carbocycles. The summed E-state index contributed by atoms with van der Waals surface area (Å²) in [5.41, 5.74) is 1.15. The van der Waals surface area contributed by atoms with Gasteiger partial charge < -0.3 is 0 Å². The van der Waals surface area contributed by atoms with Gasteiger partial charge in [0.2, 0.25) is 0 Å². The molecule has 100 valence electrons. The van der Waals surface area contributed by atoms with E-state index >= 15 is 0 Å². The van der Waals surface area contributed by atoms with E-state index in [0.717, 1.165) is 21.7 Å². The SMILES string of the molecule is Cl.Clc1cccc(Cl)c1C1CCC2CCCCN21. The van der Waals surface area contributed by atoms with Crippen molar-refractivity contribution in [3.63, 3.8) is 0 Å². The molecule has 2 unspecified atom stereocenters. The number of nitrogens with zero attached hydrogens (tertiary/aromatic N) is 1. The molecule has 0 aliphatic carbocycles. The molecule has 2 heterocycles. The quantitative estimate of drug-likeness (QED) is 0.697. The van der Waals surface area contributed by atoms with Crippen LogP contribution in [0.15, 0.2) is 18.2 Å². The molecule has 2 atom stereocenters. The predicted molar refractivity (Wildman–Crippen MR) is 80.0 cm³/mol. The maximum Gasteiger partial charge on any atom is 0.0468 e. The van der Waals surface area contributed by atoms with E-state index in [1.807, 2.05) is 18.2 Å². The summed E-state index contributed by atoms with van der Waals surface area (Å²) >= 11 is 12.7. The van der Waals surface area contributed by atoms with Crippen LogP contribution in [-0.4, -0.2) is 17.5 Å². The number of halogens is 3. The zero-order chi connectivity index (χ0) is 11.8. The van der Waals surface area contributed by atoms with Gasteiger partial charge in [0.1, 0.15) is 0 Å². The average molecular weight is 307 g/mol. The molecular weight excluding hydrogens is 289 g/mol. The van der Waals surface area contributed by atoms with Gasteiger partial charge in [0.25, 0.3) is 0 Å². The first-order valence-electron chi connectivity index (χ1n) is 6.47. The van der Waals surface area contributed by atoms with Crippen LogP contribution in [0.2, 0.25) is 10.0 Å². The molecule has 0 spiro atoms. The molecule has 0 bridgehead atoms. The van der Waals surface area contributed by atoms with Crippen LogP contribution in [0.4, 0.5) is 0 Å². The van der Waals surface area contributed by atoms with Crippen LogP contribution in [0.3, 0.4) is 0 Å². The standard InChI is InChI=1S/C14H17Cl2N.ClH/c15-11-5-3-6-12(16)14(11)13-8-7-10-4-1-2-9-17(10)13;/h3,5-6,10,13H,1-2,4,7-9H2;1H. The van der Waals surface area contributed by atoms with Crippen molar-refractivity contribution < 1.29 is 0 Å². The van der Waals surface area contributed by atoms with Gasteiger partial charge in [-0.15, -0.1) is 12.4 Å². The van der Waals surface area contributed by atoms with E-state index in [9.17, 15) is 0 Å². The maximum absolute atomic E-state index is 6.33. The van der Waals surface area contributed by atoms with Crippen molar-refractivity contribution in [2.75, 3.05) is 6.54 Å². The predicted octanol–water partition coefficient (Wildman–Crippen LogP) is 5.10. The minimum absolute atomic E-state index is 0. The number of piperidine rings is 1. The summed E-state index contributed by atoms with van der Waals surface area (Å²) in [6, 6.07) is 7.05. The number of benzene rings is 1. The Bertz CT molecular complexity index is 401. The van der Waals surface area contributed by atoms with Gasteiger partial charge >= 0.3 is 0 Å². The van der Waals surface area contributed by atoms with Crippen LogP contribution < -0.4 is 0 Å². The Morgan fingerprint density at radius 2 is 1.72 bits per heavy atom. The van der Waals surface area contributed by atoms with Crippen molar-refractivity contribution in [1.29, 1.82) is 0 Å². The highest BCUT2D eigenvalue weighted by Gasteiger charge is 2.37. The Morgan fingerprint density at radius 1 is 1.00 bits per heavy atom. The highest BCUT2D eigenvalue weighted by molar-refractivity contribution is 6.36. The third kappa shape index (κ3) is 2.51. The first kappa shape index (κ1) is 14.5. The Balaban J connectivity index is 0.00000120. The highest BCUT2D eigenvalue weighted by atomic mass is 35.5. The Hall–Kier alpha value is 0.0500. The van der Waals surface area contributed by atoms with Crippen LogP contribution in [0, 0.1) is 0 Å². The van der Waals surface area contributed by atoms with E-state index in [-0.39, 0.29) is 12.4 Å². The van der Waals surface area contributed by atoms with Crippen molar-refractivity contribution >= 4 is 35.6 Å². The molecule has 0 saturated carbocycles. The van der Waals surface area contributed by atoms with E-state index in [0.29, 0.717) is 6.04 Å². The van der Waals surface area contributed by atoms with Crippen molar-refractivity contribution in [2.24, 2.45) is 0 Å². The van der Waals surface area contributed by atoms with Gasteiger partial charge in [0.05, 0.1) is 0 Å². The van der Waals surface area contributed by atoms with Crippen molar-refractivity contribution in [2.45, 2.75) is 44.2 Å². The van der Waals surface area contributed by atoms with Crippen LogP contribution in [-0.2, 0) is 0 Å². The van der Waals surface area contributed by atoms with E-state index in [4.69, 9.17) is 23.2 Å². The van der Waals surface area contributed by atoms with Gasteiger partial charge in [0, 0.05) is 27.7 Å². The summed E-state index contributed by atoms with van der Waals surface area (Å²) in [7, 11) is 0. The fourth-order valence-corrected chi connectivity index (χ4v) is 4.05. The Kier molecular flexibility index (Phi) is 4.82. The molecule has 1 aromatic rings. The van der Waals surface area contributed by atoms with Gasteiger partial charge in [-0.1, -0.05) is 35.7 Å². The molecule has 0 amide bonds. The van der Waals surface area contributed by atoms with Crippen molar-refractivity contribution in [3.05, 3.63) is 33.8 Å². The molecule has 2 aliphatic heterocycles. The van der Waals surface area contributed by atoms with Crippen LogP contribution >= 0.6 is 35.6 Å². The smallest absolute Gasteiger partial charge is 0.0468 e. The molecule has 3 rings (SSSR count). The molecule has 1 nitrogen and oxygen atoms in total. The Labute approximate surface area is 125 Å². The van der Waals surface area contributed by atoms with Crippen molar-refractivity contribution in [1.82, 2.24) is 4.90 Å². The molecule has 2 saturated heterocycles. The largest absolute Gasteiger partial charge is 0.293 e. The number of hydrogen-bond donors (Lipinski definition) is 0. The zero-order valence-electron chi connectivity index (χ0n) is 10.2. The van der Waals surface area contributed by atoms with Crippen LogP contribution in [0.5, 0.6) is 0 Å². The second-order valence-corrected chi connectivity index (χ2v) is 5.93. The maximum atomic E-state index is 6.33. The monoisotopic (exact) mass is 305 g/mol. The average Bonchev–Trinajstić information content (AvgIpc) is 2.73. The highest BCUT2D eigenvalue weighted by Crippen LogP contribution is 2.44. The Morgan fingerprint density at radius 3 is 2.44 bits per heavy atom. The second-order valence-electron chi connectivity index (χ2n) is 5.12. The summed E-state index contributed by atoms with van der Waals surface area (Å²) in [5, 5.41) is 1.66. The summed E-state index contributed by atoms with van der Waals surface area (Å²) in [6.07, 6.45) is 6.54. The minimum Gasteiger partial charge on any atom is -0.293 e. The van der Waals surface area contributed by atoms with Gasteiger partial charge in [0.15, 0.2) is 0 Å². The van der Waals surface area contributed by atoms with E-state index in [1.54, 1.807) is 0 Å². The number of rotatable bonds is 1. The van der Waals surface area contributed by atoms with Gasteiger partial charge in [-0.2, -0.15) is 0 Å². The van der Waals surface area contributed by atoms with E-state index in [1.165, 1.54) is 38.6 Å². The zero-order valence-corrected chi connectivity index (χ0v) is 12.6. The lowest BCUT2D eigenvalue weighted by molar-refractivity contribution is 0.150. The molecule has 2 fully saturated rings. The van der Waals surface area contributed by atoms with E-state index < -0.39 is 0 Å². The van der Waals surface area contributed by atoms with Gasteiger partial charge in [-0.25, -0.2) is 0 Å². The molecule has 0 N–H and O–H groups in total. The van der Waals surface area contributed by atoms with Crippen LogP contribution in [0.25, 0.3) is 0 Å². The topological polar surface area (TPSA) is 3.24 Å². The van der Waals surface area contributed by atoms with Crippen LogP contribution in [0.1, 0.15) is 43.7 Å². The van der Waals surface area contributed by atoms with Crippen molar-refractivity contribution in [3.8, 4) is 0 Å². The first-order valence-corrected chi connectivity index (χ1v) is 7.22. The lowest BCUT2D eigenvalue weighted by Crippen LogP contribution is -2.36. The summed E-state index contributed by atoms with van der Waals surface area (Å²) in [4.78, 5) is 2.62. The molecule has 0 radical (unpaired) electrons. The van der Waals surface area contributed by atoms with Gasteiger partial charge in [-0.3, -0.25) is 4.90 Å². The van der Waals surface area contributed by atoms with Gasteiger partial charge in [-0.05, 0) is 44.4 Å². The fraction of sp³-hybridized carbons (Fsp3) is 0.571. The minimum atomic E-state index is 0. The molecule has 18 heavy (non-hydrogen) atoms. The molecular formula is C14H18Cl3N. The lowest BCUT2D eigenvalue weighted by Gasteiger charge is -2.34.